The molecule has 0 atom stereocenters. The third-order valence-corrected chi connectivity index (χ3v) is 2.26. The number of nitrogens with zero attached hydrogens (tertiary/aromatic N) is 2. The molecule has 0 bridgehead atoms. The van der Waals surface area contributed by atoms with E-state index in [1.165, 1.54) is 6.07 Å². The van der Waals surface area contributed by atoms with Crippen LogP contribution in [0.4, 0.5) is 0 Å². The molecule has 0 radical (unpaired) electrons. The van der Waals surface area contributed by atoms with Crippen LogP contribution in [-0.2, 0) is 13.7 Å². The fraction of sp³-hybridized carbons (Fsp3) is 0.273. The van der Waals surface area contributed by atoms with E-state index in [2.05, 4.69) is 5.10 Å². The van der Waals surface area contributed by atoms with Crippen LogP contribution in [0, 0.1) is 6.92 Å². The monoisotopic (exact) mass is 236 g/mol. The number of hydrogen-bond donors (Lipinski definition) is 1. The fourth-order valence-electron chi connectivity index (χ4n) is 1.45. The van der Waals surface area contributed by atoms with Crippen molar-refractivity contribution < 1.29 is 19.1 Å². The Morgan fingerprint density at radius 1 is 1.65 bits per heavy atom. The van der Waals surface area contributed by atoms with Crippen LogP contribution in [0.2, 0.25) is 0 Å². The third kappa shape index (κ3) is 2.47. The van der Waals surface area contributed by atoms with Crippen molar-refractivity contribution in [2.24, 2.45) is 7.05 Å². The smallest absolute Gasteiger partial charge is 0.339 e. The summed E-state index contributed by atoms with van der Waals surface area (Å²) >= 11 is 0. The van der Waals surface area contributed by atoms with Crippen LogP contribution in [0.15, 0.2) is 22.9 Å². The summed E-state index contributed by atoms with van der Waals surface area (Å²) in [4.78, 5) is 10.8. The molecule has 0 aliphatic rings. The number of furan rings is 1. The SMILES string of the molecule is Cc1oc(COc2cnn(C)c2)cc1C(=O)O. The second-order valence-corrected chi connectivity index (χ2v) is 3.63. The van der Waals surface area contributed by atoms with Gasteiger partial charge < -0.3 is 14.3 Å². The van der Waals surface area contributed by atoms with Gasteiger partial charge in [-0.25, -0.2) is 4.79 Å². The molecule has 90 valence electrons. The average molecular weight is 236 g/mol. The highest BCUT2D eigenvalue weighted by molar-refractivity contribution is 5.88. The maximum atomic E-state index is 10.8. The van der Waals surface area contributed by atoms with Crippen LogP contribution in [0.3, 0.4) is 0 Å². The van der Waals surface area contributed by atoms with E-state index in [4.69, 9.17) is 14.3 Å². The van der Waals surface area contributed by atoms with Crippen molar-refractivity contribution in [3.05, 3.63) is 35.5 Å². The molecule has 0 saturated heterocycles. The van der Waals surface area contributed by atoms with Crippen molar-refractivity contribution in [2.75, 3.05) is 0 Å². The molecule has 0 aromatic carbocycles. The fourth-order valence-corrected chi connectivity index (χ4v) is 1.45. The molecular formula is C11H12N2O4. The lowest BCUT2D eigenvalue weighted by Gasteiger charge is -1.98. The van der Waals surface area contributed by atoms with Gasteiger partial charge in [-0.1, -0.05) is 0 Å². The number of carbonyl (C=O) groups is 1. The van der Waals surface area contributed by atoms with Gasteiger partial charge in [-0.05, 0) is 13.0 Å². The summed E-state index contributed by atoms with van der Waals surface area (Å²) < 4.78 is 12.3. The van der Waals surface area contributed by atoms with Crippen LogP contribution in [0.5, 0.6) is 5.75 Å². The van der Waals surface area contributed by atoms with Crippen LogP contribution in [0.25, 0.3) is 0 Å². The number of ether oxygens (including phenoxy) is 1. The molecule has 6 heteroatoms. The number of aromatic carboxylic acids is 1. The van der Waals surface area contributed by atoms with E-state index in [0.29, 0.717) is 17.3 Å². The van der Waals surface area contributed by atoms with Crippen molar-refractivity contribution >= 4 is 5.97 Å². The number of aryl methyl sites for hydroxylation is 2. The number of carboxylic acid groups (broad SMARTS) is 1. The molecule has 0 spiro atoms. The molecule has 2 rings (SSSR count). The van der Waals surface area contributed by atoms with Gasteiger partial charge in [0.2, 0.25) is 0 Å². The molecule has 6 nitrogen and oxygen atoms in total. The van der Waals surface area contributed by atoms with Crippen molar-refractivity contribution in [3.8, 4) is 5.75 Å². The van der Waals surface area contributed by atoms with Gasteiger partial charge in [-0.15, -0.1) is 0 Å². The molecule has 2 heterocycles. The molecular weight excluding hydrogens is 224 g/mol. The molecule has 0 aliphatic heterocycles. The van der Waals surface area contributed by atoms with E-state index in [0.717, 1.165) is 0 Å². The standard InChI is InChI=1S/C11H12N2O4/c1-7-10(11(14)15)3-8(17-7)6-16-9-4-12-13(2)5-9/h3-5H,6H2,1-2H3,(H,14,15). The van der Waals surface area contributed by atoms with E-state index >= 15 is 0 Å². The summed E-state index contributed by atoms with van der Waals surface area (Å²) in [5.74, 6) is 0.461. The van der Waals surface area contributed by atoms with Gasteiger partial charge in [0.25, 0.3) is 0 Å². The first-order valence-corrected chi connectivity index (χ1v) is 5.00. The predicted molar refractivity (Wildman–Crippen MR) is 57.9 cm³/mol. The lowest BCUT2D eigenvalue weighted by atomic mass is 10.2. The van der Waals surface area contributed by atoms with Gasteiger partial charge in [0.15, 0.2) is 5.75 Å². The van der Waals surface area contributed by atoms with Gasteiger partial charge >= 0.3 is 5.97 Å². The lowest BCUT2D eigenvalue weighted by molar-refractivity contribution is 0.0695. The first-order valence-electron chi connectivity index (χ1n) is 5.00. The third-order valence-electron chi connectivity index (χ3n) is 2.26. The van der Waals surface area contributed by atoms with Gasteiger partial charge in [0.1, 0.15) is 23.7 Å². The Labute approximate surface area is 97.4 Å². The van der Waals surface area contributed by atoms with Crippen molar-refractivity contribution in [1.82, 2.24) is 9.78 Å². The van der Waals surface area contributed by atoms with Crippen LogP contribution < -0.4 is 4.74 Å². The first-order chi connectivity index (χ1) is 8.06. The number of hydrogen-bond acceptors (Lipinski definition) is 4. The maximum Gasteiger partial charge on any atom is 0.339 e. The van der Waals surface area contributed by atoms with E-state index in [1.807, 2.05) is 0 Å². The molecule has 0 fully saturated rings. The minimum absolute atomic E-state index is 0.162. The predicted octanol–water partition coefficient (Wildman–Crippen LogP) is 1.60. The quantitative estimate of drug-likeness (QED) is 0.872. The zero-order valence-electron chi connectivity index (χ0n) is 9.51. The van der Waals surface area contributed by atoms with Crippen molar-refractivity contribution in [2.45, 2.75) is 13.5 Å². The molecule has 0 aliphatic carbocycles. The summed E-state index contributed by atoms with van der Waals surface area (Å²) in [6.45, 7) is 1.79. The van der Waals surface area contributed by atoms with E-state index in [-0.39, 0.29) is 12.2 Å². The van der Waals surface area contributed by atoms with Gasteiger partial charge in [-0.3, -0.25) is 4.68 Å². The Hall–Kier alpha value is -2.24. The Balaban J connectivity index is 2.04. The van der Waals surface area contributed by atoms with E-state index < -0.39 is 5.97 Å². The minimum Gasteiger partial charge on any atom is -0.482 e. The minimum atomic E-state index is -1.00. The Morgan fingerprint density at radius 3 is 2.94 bits per heavy atom. The highest BCUT2D eigenvalue weighted by Gasteiger charge is 2.13. The molecule has 0 amide bonds. The van der Waals surface area contributed by atoms with Crippen LogP contribution in [-0.4, -0.2) is 20.9 Å². The van der Waals surface area contributed by atoms with E-state index in [1.54, 1.807) is 31.0 Å². The number of carboxylic acids is 1. The second kappa shape index (κ2) is 4.32. The van der Waals surface area contributed by atoms with Gasteiger partial charge in [-0.2, -0.15) is 5.10 Å². The molecule has 2 aromatic rings. The summed E-state index contributed by atoms with van der Waals surface area (Å²) in [5.41, 5.74) is 0.162. The van der Waals surface area contributed by atoms with Crippen LogP contribution in [0.1, 0.15) is 21.9 Å². The zero-order valence-corrected chi connectivity index (χ0v) is 9.51. The normalized spacial score (nSPS) is 10.5. The molecule has 1 N–H and O–H groups in total. The van der Waals surface area contributed by atoms with E-state index in [9.17, 15) is 4.79 Å². The molecule has 0 saturated carbocycles. The zero-order chi connectivity index (χ0) is 12.4. The summed E-state index contributed by atoms with van der Waals surface area (Å²) in [6, 6.07) is 1.47. The van der Waals surface area contributed by atoms with Gasteiger partial charge in [0.05, 0.1) is 12.4 Å². The van der Waals surface area contributed by atoms with Crippen LogP contribution >= 0.6 is 0 Å². The lowest BCUT2D eigenvalue weighted by Crippen LogP contribution is -1.95. The summed E-state index contributed by atoms with van der Waals surface area (Å²) in [7, 11) is 1.78. The first kappa shape index (κ1) is 11.3. The van der Waals surface area contributed by atoms with Gasteiger partial charge in [0, 0.05) is 7.05 Å². The Morgan fingerprint density at radius 2 is 2.41 bits per heavy atom. The average Bonchev–Trinajstić information content (AvgIpc) is 2.82. The van der Waals surface area contributed by atoms with Crippen molar-refractivity contribution in [1.29, 1.82) is 0 Å². The summed E-state index contributed by atoms with van der Waals surface area (Å²) in [6.07, 6.45) is 3.29. The molecule has 0 unspecified atom stereocenters. The Kier molecular flexibility index (Phi) is 2.86. The molecule has 2 aromatic heterocycles. The topological polar surface area (TPSA) is 77.5 Å². The molecule has 17 heavy (non-hydrogen) atoms. The largest absolute Gasteiger partial charge is 0.482 e. The number of aromatic nitrogens is 2. The highest BCUT2D eigenvalue weighted by Crippen LogP contribution is 2.17. The Bertz CT molecular complexity index is 541. The second-order valence-electron chi connectivity index (χ2n) is 3.63. The highest BCUT2D eigenvalue weighted by atomic mass is 16.5. The van der Waals surface area contributed by atoms with Crippen molar-refractivity contribution in [3.63, 3.8) is 0 Å². The summed E-state index contributed by atoms with van der Waals surface area (Å²) in [5, 5.41) is 12.8. The maximum absolute atomic E-state index is 10.8. The number of rotatable bonds is 4.